The van der Waals surface area contributed by atoms with Crippen LogP contribution < -0.4 is 14.8 Å². The zero-order chi connectivity index (χ0) is 20.3. The molecular weight excluding hydrogens is 356 g/mol. The van der Waals surface area contributed by atoms with Gasteiger partial charge < -0.3 is 19.7 Å². The van der Waals surface area contributed by atoms with E-state index in [-0.39, 0.29) is 24.2 Å². The molecule has 0 aromatic heterocycles. The lowest BCUT2D eigenvalue weighted by atomic mass is 10.1. The minimum atomic E-state index is -0.353. The molecule has 1 atom stereocenters. The van der Waals surface area contributed by atoms with E-state index in [4.69, 9.17) is 9.47 Å². The average molecular weight is 382 g/mol. The molecule has 148 valence electrons. The second kappa shape index (κ2) is 8.33. The van der Waals surface area contributed by atoms with Crippen molar-refractivity contribution in [3.63, 3.8) is 0 Å². The van der Waals surface area contributed by atoms with Gasteiger partial charge in [0.05, 0.1) is 20.1 Å². The largest absolute Gasteiger partial charge is 0.493 e. The molecule has 6 nitrogen and oxygen atoms in total. The van der Waals surface area contributed by atoms with Crippen LogP contribution in [-0.4, -0.2) is 37.5 Å². The van der Waals surface area contributed by atoms with Crippen molar-refractivity contribution in [2.75, 3.05) is 26.1 Å². The Morgan fingerprint density at radius 2 is 1.86 bits per heavy atom. The number of likely N-dealkylation sites (tertiary alicyclic amines) is 1. The first-order valence-corrected chi connectivity index (χ1v) is 9.28. The van der Waals surface area contributed by atoms with Crippen LogP contribution in [0.1, 0.15) is 23.1 Å². The van der Waals surface area contributed by atoms with Crippen molar-refractivity contribution in [2.45, 2.75) is 26.8 Å². The smallest absolute Gasteiger partial charge is 0.229 e. The van der Waals surface area contributed by atoms with Crippen molar-refractivity contribution in [1.29, 1.82) is 0 Å². The predicted molar refractivity (Wildman–Crippen MR) is 108 cm³/mol. The highest BCUT2D eigenvalue weighted by Gasteiger charge is 2.34. The molecule has 0 aliphatic carbocycles. The predicted octanol–water partition coefficient (Wildman–Crippen LogP) is 3.31. The van der Waals surface area contributed by atoms with Gasteiger partial charge in [0.1, 0.15) is 0 Å². The van der Waals surface area contributed by atoms with Crippen LogP contribution in [0, 0.1) is 19.8 Å². The van der Waals surface area contributed by atoms with E-state index >= 15 is 0 Å². The maximum Gasteiger partial charge on any atom is 0.229 e. The highest BCUT2D eigenvalue weighted by Crippen LogP contribution is 2.29. The molecule has 0 saturated carbocycles. The van der Waals surface area contributed by atoms with Crippen LogP contribution in [0.25, 0.3) is 0 Å². The average Bonchev–Trinajstić information content (AvgIpc) is 3.04. The van der Waals surface area contributed by atoms with E-state index in [1.807, 2.05) is 50.2 Å². The molecule has 6 heteroatoms. The van der Waals surface area contributed by atoms with E-state index in [9.17, 15) is 9.59 Å². The van der Waals surface area contributed by atoms with E-state index in [0.29, 0.717) is 24.6 Å². The standard InChI is InChI=1S/C22H26N2O4/c1-14-5-7-18(15(2)9-14)23-22(26)17-11-21(25)24(13-17)12-16-6-8-19(27-3)20(10-16)28-4/h5-10,17H,11-13H2,1-4H3,(H,23,26). The number of nitrogens with one attached hydrogen (secondary N) is 1. The van der Waals surface area contributed by atoms with Gasteiger partial charge in [-0.25, -0.2) is 0 Å². The second-order valence-corrected chi connectivity index (χ2v) is 7.17. The number of nitrogens with zero attached hydrogens (tertiary/aromatic N) is 1. The second-order valence-electron chi connectivity index (χ2n) is 7.17. The van der Waals surface area contributed by atoms with Crippen LogP contribution in [0.3, 0.4) is 0 Å². The molecule has 1 aliphatic heterocycles. The zero-order valence-corrected chi connectivity index (χ0v) is 16.7. The Labute approximate surface area is 165 Å². The number of carbonyl (C=O) groups is 2. The van der Waals surface area contributed by atoms with Gasteiger partial charge in [0.25, 0.3) is 0 Å². The highest BCUT2D eigenvalue weighted by molar-refractivity contribution is 5.97. The third kappa shape index (κ3) is 4.27. The molecule has 2 aromatic carbocycles. The van der Waals surface area contributed by atoms with E-state index in [1.54, 1.807) is 19.1 Å². The van der Waals surface area contributed by atoms with Gasteiger partial charge in [-0.1, -0.05) is 23.8 Å². The van der Waals surface area contributed by atoms with Gasteiger partial charge in [-0.15, -0.1) is 0 Å². The molecule has 2 aromatic rings. The summed E-state index contributed by atoms with van der Waals surface area (Å²) in [5.74, 6) is 0.777. The topological polar surface area (TPSA) is 67.9 Å². The first-order chi connectivity index (χ1) is 13.4. The SMILES string of the molecule is COc1ccc(CN2CC(C(=O)Nc3ccc(C)cc3C)CC2=O)cc1OC. The first-order valence-electron chi connectivity index (χ1n) is 9.28. The van der Waals surface area contributed by atoms with Crippen LogP contribution in [-0.2, 0) is 16.1 Å². The summed E-state index contributed by atoms with van der Waals surface area (Å²) >= 11 is 0. The van der Waals surface area contributed by atoms with E-state index in [2.05, 4.69) is 5.32 Å². The van der Waals surface area contributed by atoms with Gasteiger partial charge in [-0.3, -0.25) is 9.59 Å². The Hall–Kier alpha value is -3.02. The third-order valence-electron chi connectivity index (χ3n) is 5.05. The molecule has 0 radical (unpaired) electrons. The summed E-state index contributed by atoms with van der Waals surface area (Å²) in [6, 6.07) is 11.5. The van der Waals surface area contributed by atoms with Crippen molar-refractivity contribution < 1.29 is 19.1 Å². The lowest BCUT2D eigenvalue weighted by Crippen LogP contribution is -2.28. The third-order valence-corrected chi connectivity index (χ3v) is 5.05. The summed E-state index contributed by atoms with van der Waals surface area (Å²) in [4.78, 5) is 26.8. The molecule has 0 bridgehead atoms. The number of aryl methyl sites for hydroxylation is 2. The maximum atomic E-state index is 12.7. The van der Waals surface area contributed by atoms with Crippen LogP contribution in [0.15, 0.2) is 36.4 Å². The number of methoxy groups -OCH3 is 2. The zero-order valence-electron chi connectivity index (χ0n) is 16.7. The van der Waals surface area contributed by atoms with Gasteiger partial charge in [-0.05, 0) is 43.2 Å². The Bertz CT molecular complexity index is 894. The van der Waals surface area contributed by atoms with Crippen molar-refractivity contribution in [3.8, 4) is 11.5 Å². The Morgan fingerprint density at radius 1 is 1.11 bits per heavy atom. The lowest BCUT2D eigenvalue weighted by Gasteiger charge is -2.18. The monoisotopic (exact) mass is 382 g/mol. The number of hydrogen-bond donors (Lipinski definition) is 1. The number of benzene rings is 2. The Balaban J connectivity index is 1.65. The Morgan fingerprint density at radius 3 is 2.54 bits per heavy atom. The van der Waals surface area contributed by atoms with E-state index < -0.39 is 0 Å². The van der Waals surface area contributed by atoms with Crippen LogP contribution >= 0.6 is 0 Å². The van der Waals surface area contributed by atoms with Crippen molar-refractivity contribution in [2.24, 2.45) is 5.92 Å². The van der Waals surface area contributed by atoms with Gasteiger partial charge in [0.2, 0.25) is 11.8 Å². The highest BCUT2D eigenvalue weighted by atomic mass is 16.5. The number of anilines is 1. The molecule has 0 spiro atoms. The number of carbonyl (C=O) groups excluding carboxylic acids is 2. The molecule has 3 rings (SSSR count). The summed E-state index contributed by atoms with van der Waals surface area (Å²) in [6.45, 7) is 4.82. The molecule has 1 heterocycles. The molecule has 1 aliphatic rings. The fraction of sp³-hybridized carbons (Fsp3) is 0.364. The summed E-state index contributed by atoms with van der Waals surface area (Å²) in [6.07, 6.45) is 0.226. The fourth-order valence-corrected chi connectivity index (χ4v) is 3.49. The molecule has 2 amide bonds. The minimum Gasteiger partial charge on any atom is -0.493 e. The quantitative estimate of drug-likeness (QED) is 0.832. The van der Waals surface area contributed by atoms with Crippen LogP contribution in [0.4, 0.5) is 5.69 Å². The van der Waals surface area contributed by atoms with Crippen LogP contribution in [0.2, 0.25) is 0 Å². The first kappa shape index (κ1) is 19.7. The van der Waals surface area contributed by atoms with Crippen molar-refractivity contribution in [1.82, 2.24) is 4.90 Å². The van der Waals surface area contributed by atoms with Crippen LogP contribution in [0.5, 0.6) is 11.5 Å². The number of hydrogen-bond acceptors (Lipinski definition) is 4. The summed E-state index contributed by atoms with van der Waals surface area (Å²) in [5, 5.41) is 2.96. The van der Waals surface area contributed by atoms with E-state index in [0.717, 1.165) is 22.4 Å². The maximum absolute atomic E-state index is 12.7. The number of amides is 2. The Kier molecular flexibility index (Phi) is 5.87. The minimum absolute atomic E-state index is 0.0180. The summed E-state index contributed by atoms with van der Waals surface area (Å²) in [7, 11) is 3.16. The van der Waals surface area contributed by atoms with Gasteiger partial charge in [0.15, 0.2) is 11.5 Å². The molecule has 1 N–H and O–H groups in total. The number of ether oxygens (including phenoxy) is 2. The van der Waals surface area contributed by atoms with Gasteiger partial charge in [0, 0.05) is 25.2 Å². The van der Waals surface area contributed by atoms with Crippen molar-refractivity contribution in [3.05, 3.63) is 53.1 Å². The van der Waals surface area contributed by atoms with Crippen molar-refractivity contribution >= 4 is 17.5 Å². The molecule has 1 saturated heterocycles. The molecule has 1 fully saturated rings. The lowest BCUT2D eigenvalue weighted by molar-refractivity contribution is -0.128. The number of rotatable bonds is 6. The normalized spacial score (nSPS) is 16.2. The summed E-state index contributed by atoms with van der Waals surface area (Å²) in [5.41, 5.74) is 3.88. The molecular formula is C22H26N2O4. The fourth-order valence-electron chi connectivity index (χ4n) is 3.49. The van der Waals surface area contributed by atoms with E-state index in [1.165, 1.54) is 0 Å². The molecule has 1 unspecified atom stereocenters. The van der Waals surface area contributed by atoms with Gasteiger partial charge >= 0.3 is 0 Å². The van der Waals surface area contributed by atoms with Gasteiger partial charge in [-0.2, -0.15) is 0 Å². The summed E-state index contributed by atoms with van der Waals surface area (Å²) < 4.78 is 10.6. The molecule has 28 heavy (non-hydrogen) atoms.